The van der Waals surface area contributed by atoms with Gasteiger partial charge in [0.1, 0.15) is 5.75 Å². The van der Waals surface area contributed by atoms with E-state index in [0.717, 1.165) is 44.8 Å². The summed E-state index contributed by atoms with van der Waals surface area (Å²) >= 11 is 0. The fourth-order valence-electron chi connectivity index (χ4n) is 4.53. The van der Waals surface area contributed by atoms with Crippen LogP contribution in [0.5, 0.6) is 5.75 Å². The predicted octanol–water partition coefficient (Wildman–Crippen LogP) is 1.58. The van der Waals surface area contributed by atoms with Crippen LogP contribution in [-0.2, 0) is 4.79 Å². The average molecular weight is 361 g/mol. The fraction of sp³-hybridized carbons (Fsp3) is 0.667. The first-order chi connectivity index (χ1) is 12.5. The molecule has 2 fully saturated rings. The fourth-order valence-corrected chi connectivity index (χ4v) is 4.53. The molecule has 5 nitrogen and oxygen atoms in total. The number of quaternary nitrogens is 1. The van der Waals surface area contributed by atoms with Crippen molar-refractivity contribution in [1.29, 1.82) is 0 Å². The Labute approximate surface area is 157 Å². The van der Waals surface area contributed by atoms with Gasteiger partial charge in [0.25, 0.3) is 5.91 Å². The molecular formula is C21H34N3O2+. The van der Waals surface area contributed by atoms with Crippen molar-refractivity contribution >= 4 is 11.6 Å². The Kier molecular flexibility index (Phi) is 6.07. The highest BCUT2D eigenvalue weighted by atomic mass is 16.5. The van der Waals surface area contributed by atoms with Gasteiger partial charge in [-0.25, -0.2) is 0 Å². The van der Waals surface area contributed by atoms with Crippen molar-refractivity contribution in [1.82, 2.24) is 4.90 Å². The largest absolute Gasteiger partial charge is 0.497 e. The lowest BCUT2D eigenvalue weighted by atomic mass is 9.96. The molecule has 1 N–H and O–H groups in total. The van der Waals surface area contributed by atoms with E-state index in [-0.39, 0.29) is 6.04 Å². The van der Waals surface area contributed by atoms with Gasteiger partial charge in [0.15, 0.2) is 6.04 Å². The van der Waals surface area contributed by atoms with Crippen LogP contribution in [-0.4, -0.2) is 62.2 Å². The topological polar surface area (TPSA) is 37.2 Å². The van der Waals surface area contributed by atoms with Gasteiger partial charge in [0.05, 0.1) is 33.3 Å². The lowest BCUT2D eigenvalue weighted by molar-refractivity contribution is -0.915. The molecule has 1 aromatic rings. The summed E-state index contributed by atoms with van der Waals surface area (Å²) < 4.78 is 5.24. The molecule has 5 heteroatoms. The Morgan fingerprint density at radius 3 is 2.23 bits per heavy atom. The maximum absolute atomic E-state index is 13.1. The van der Waals surface area contributed by atoms with Crippen LogP contribution in [0.2, 0.25) is 0 Å². The molecular weight excluding hydrogens is 326 g/mol. The molecule has 3 atom stereocenters. The summed E-state index contributed by atoms with van der Waals surface area (Å²) in [5.41, 5.74) is 1.24. The number of anilines is 1. The molecule has 3 rings (SSSR count). The van der Waals surface area contributed by atoms with Crippen molar-refractivity contribution in [3.8, 4) is 5.75 Å². The van der Waals surface area contributed by atoms with Gasteiger partial charge in [-0.05, 0) is 64.3 Å². The van der Waals surface area contributed by atoms with E-state index >= 15 is 0 Å². The molecule has 2 heterocycles. The SMILES string of the molecule is COc1ccc(N2CC[NH+]([C@H](C)C(=O)N3[C@@H](C)CCC[C@@H]3C)CC2)cc1. The molecule has 0 radical (unpaired) electrons. The molecule has 2 aliphatic rings. The zero-order valence-corrected chi connectivity index (χ0v) is 16.7. The number of carbonyl (C=O) groups is 1. The maximum Gasteiger partial charge on any atom is 0.281 e. The Morgan fingerprint density at radius 1 is 1.12 bits per heavy atom. The van der Waals surface area contributed by atoms with Crippen molar-refractivity contribution in [3.05, 3.63) is 24.3 Å². The van der Waals surface area contributed by atoms with Crippen molar-refractivity contribution in [3.63, 3.8) is 0 Å². The number of hydrogen-bond acceptors (Lipinski definition) is 3. The Hall–Kier alpha value is -1.75. The van der Waals surface area contributed by atoms with Crippen molar-refractivity contribution < 1.29 is 14.4 Å². The highest BCUT2D eigenvalue weighted by Crippen LogP contribution is 2.23. The number of likely N-dealkylation sites (tertiary alicyclic amines) is 1. The Bertz CT molecular complexity index is 586. The summed E-state index contributed by atoms with van der Waals surface area (Å²) in [6, 6.07) is 9.09. The first kappa shape index (κ1) is 19.0. The molecule has 0 unspecified atom stereocenters. The standard InChI is InChI=1S/C21H33N3O2/c1-16-6-5-7-17(2)24(16)21(25)18(3)22-12-14-23(15-13-22)19-8-10-20(26-4)11-9-19/h8-11,16-18H,5-7,12-15H2,1-4H3/p+1/t16-,17-,18+/m0/s1. The number of benzene rings is 1. The summed E-state index contributed by atoms with van der Waals surface area (Å²) in [6.07, 6.45) is 3.53. The lowest BCUT2D eigenvalue weighted by Gasteiger charge is -2.42. The van der Waals surface area contributed by atoms with Crippen molar-refractivity contribution in [2.45, 2.75) is 58.2 Å². The molecule has 2 aliphatic heterocycles. The third kappa shape index (κ3) is 3.98. The minimum atomic E-state index is 0.0519. The molecule has 144 valence electrons. The normalized spacial score (nSPS) is 25.8. The van der Waals surface area contributed by atoms with Gasteiger partial charge in [-0.1, -0.05) is 0 Å². The first-order valence-corrected chi connectivity index (χ1v) is 10.1. The highest BCUT2D eigenvalue weighted by Gasteiger charge is 2.37. The Balaban J connectivity index is 1.57. The lowest BCUT2D eigenvalue weighted by Crippen LogP contribution is -3.19. The van der Waals surface area contributed by atoms with E-state index in [1.165, 1.54) is 17.0 Å². The van der Waals surface area contributed by atoms with Gasteiger partial charge < -0.3 is 19.4 Å². The summed E-state index contributed by atoms with van der Waals surface area (Å²) in [7, 11) is 1.69. The van der Waals surface area contributed by atoms with Crippen LogP contribution in [0.1, 0.15) is 40.0 Å². The zero-order valence-electron chi connectivity index (χ0n) is 16.7. The number of amides is 1. The van der Waals surface area contributed by atoms with E-state index in [9.17, 15) is 4.79 Å². The molecule has 0 aromatic heterocycles. The second-order valence-corrected chi connectivity index (χ2v) is 7.94. The third-order valence-electron chi connectivity index (χ3n) is 6.27. The van der Waals surface area contributed by atoms with E-state index in [0.29, 0.717) is 18.0 Å². The zero-order chi connectivity index (χ0) is 18.7. The minimum Gasteiger partial charge on any atom is -0.497 e. The van der Waals surface area contributed by atoms with Crippen LogP contribution >= 0.6 is 0 Å². The average Bonchev–Trinajstić information content (AvgIpc) is 2.67. The van der Waals surface area contributed by atoms with Gasteiger partial charge in [-0.15, -0.1) is 0 Å². The number of piperidine rings is 1. The number of nitrogens with one attached hydrogen (secondary N) is 1. The monoisotopic (exact) mass is 360 g/mol. The molecule has 0 spiro atoms. The van der Waals surface area contributed by atoms with Gasteiger partial charge in [-0.2, -0.15) is 0 Å². The van der Waals surface area contributed by atoms with E-state index in [4.69, 9.17) is 4.74 Å². The second-order valence-electron chi connectivity index (χ2n) is 7.94. The molecule has 0 bridgehead atoms. The van der Waals surface area contributed by atoms with E-state index in [1.807, 2.05) is 12.1 Å². The number of methoxy groups -OCH3 is 1. The predicted molar refractivity (Wildman–Crippen MR) is 105 cm³/mol. The van der Waals surface area contributed by atoms with Crippen molar-refractivity contribution in [2.75, 3.05) is 38.2 Å². The van der Waals surface area contributed by atoms with E-state index in [1.54, 1.807) is 7.11 Å². The molecule has 0 aliphatic carbocycles. The maximum atomic E-state index is 13.1. The van der Waals surface area contributed by atoms with Crippen molar-refractivity contribution in [2.24, 2.45) is 0 Å². The number of hydrogen-bond donors (Lipinski definition) is 1. The number of nitrogens with zero attached hydrogens (tertiary/aromatic N) is 2. The number of piperazine rings is 1. The third-order valence-corrected chi connectivity index (χ3v) is 6.27. The summed E-state index contributed by atoms with van der Waals surface area (Å²) in [5, 5.41) is 0. The van der Waals surface area contributed by atoms with E-state index < -0.39 is 0 Å². The van der Waals surface area contributed by atoms with Crippen LogP contribution in [0, 0.1) is 0 Å². The number of ether oxygens (including phenoxy) is 1. The minimum absolute atomic E-state index is 0.0519. The van der Waals surface area contributed by atoms with Crippen LogP contribution < -0.4 is 14.5 Å². The molecule has 1 amide bonds. The number of carbonyl (C=O) groups excluding carboxylic acids is 1. The Morgan fingerprint density at radius 2 is 1.69 bits per heavy atom. The van der Waals surface area contributed by atoms with Crippen LogP contribution in [0.4, 0.5) is 5.69 Å². The van der Waals surface area contributed by atoms with Crippen LogP contribution in [0.15, 0.2) is 24.3 Å². The smallest absolute Gasteiger partial charge is 0.281 e. The van der Waals surface area contributed by atoms with Gasteiger partial charge in [0, 0.05) is 17.8 Å². The quantitative estimate of drug-likeness (QED) is 0.886. The highest BCUT2D eigenvalue weighted by molar-refractivity contribution is 5.80. The molecule has 2 saturated heterocycles. The van der Waals surface area contributed by atoms with Gasteiger partial charge in [-0.3, -0.25) is 4.79 Å². The van der Waals surface area contributed by atoms with E-state index in [2.05, 4.69) is 42.7 Å². The second kappa shape index (κ2) is 8.30. The van der Waals surface area contributed by atoms with Gasteiger partial charge >= 0.3 is 0 Å². The van der Waals surface area contributed by atoms with Crippen LogP contribution in [0.25, 0.3) is 0 Å². The molecule has 26 heavy (non-hydrogen) atoms. The number of rotatable bonds is 4. The van der Waals surface area contributed by atoms with Gasteiger partial charge in [0.2, 0.25) is 0 Å². The summed E-state index contributed by atoms with van der Waals surface area (Å²) in [6.45, 7) is 10.5. The first-order valence-electron chi connectivity index (χ1n) is 10.1. The molecule has 1 aromatic carbocycles. The van der Waals surface area contributed by atoms with Crippen LogP contribution in [0.3, 0.4) is 0 Å². The summed E-state index contributed by atoms with van der Waals surface area (Å²) in [4.78, 5) is 19.1. The molecule has 0 saturated carbocycles. The summed E-state index contributed by atoms with van der Waals surface area (Å²) in [5.74, 6) is 1.24.